The largest absolute Gasteiger partial charge is 0.338 e. The molecule has 3 rings (SSSR count). The minimum absolute atomic E-state index is 0.118. The van der Waals surface area contributed by atoms with Crippen molar-refractivity contribution in [3.63, 3.8) is 0 Å². The summed E-state index contributed by atoms with van der Waals surface area (Å²) < 4.78 is 0. The van der Waals surface area contributed by atoms with Gasteiger partial charge in [0.2, 0.25) is 11.0 Å². The quantitative estimate of drug-likeness (QED) is 0.820. The molecule has 2 aromatic rings. The summed E-state index contributed by atoms with van der Waals surface area (Å²) in [5.74, 6) is 0.118. The molecule has 0 unspecified atom stereocenters. The number of amides is 3. The van der Waals surface area contributed by atoms with E-state index in [0.29, 0.717) is 37.6 Å². The number of nitrogens with zero attached hydrogens (tertiary/aromatic N) is 3. The van der Waals surface area contributed by atoms with E-state index in [2.05, 4.69) is 33.0 Å². The minimum Gasteiger partial charge on any atom is -0.338 e. The number of urea groups is 1. The first-order valence-corrected chi connectivity index (χ1v) is 8.26. The van der Waals surface area contributed by atoms with Crippen molar-refractivity contribution in [2.45, 2.75) is 25.9 Å². The van der Waals surface area contributed by atoms with Gasteiger partial charge in [0.1, 0.15) is 5.51 Å². The summed E-state index contributed by atoms with van der Waals surface area (Å²) in [6.45, 7) is 1.80. The molecule has 0 bridgehead atoms. The Bertz CT molecular complexity index is 664. The first-order valence-electron chi connectivity index (χ1n) is 7.38. The van der Waals surface area contributed by atoms with Crippen molar-refractivity contribution in [3.8, 4) is 0 Å². The van der Waals surface area contributed by atoms with Gasteiger partial charge in [-0.1, -0.05) is 35.6 Å². The molecule has 2 N–H and O–H groups in total. The van der Waals surface area contributed by atoms with Crippen molar-refractivity contribution in [1.29, 1.82) is 0 Å². The monoisotopic (exact) mass is 331 g/mol. The van der Waals surface area contributed by atoms with Gasteiger partial charge < -0.3 is 10.2 Å². The van der Waals surface area contributed by atoms with Crippen LogP contribution in [0.15, 0.2) is 29.8 Å². The fourth-order valence-electron chi connectivity index (χ4n) is 2.48. The molecule has 8 heteroatoms. The normalized spacial score (nSPS) is 12.8. The van der Waals surface area contributed by atoms with Gasteiger partial charge in [-0.15, -0.1) is 10.2 Å². The molecular weight excluding hydrogens is 314 g/mol. The van der Waals surface area contributed by atoms with E-state index in [9.17, 15) is 9.59 Å². The van der Waals surface area contributed by atoms with Gasteiger partial charge in [-0.25, -0.2) is 4.79 Å². The zero-order chi connectivity index (χ0) is 16.1. The third-order valence-electron chi connectivity index (χ3n) is 3.63. The fourth-order valence-corrected chi connectivity index (χ4v) is 2.92. The number of benzene rings is 1. The molecule has 1 aromatic carbocycles. The molecule has 0 aliphatic carbocycles. The zero-order valence-corrected chi connectivity index (χ0v) is 13.3. The number of nitrogens with one attached hydrogen (secondary N) is 2. The number of carbonyl (C=O) groups is 2. The third kappa shape index (κ3) is 4.04. The number of hydrogen-bond acceptors (Lipinski definition) is 5. The molecule has 2 heterocycles. The van der Waals surface area contributed by atoms with Crippen LogP contribution in [0.4, 0.5) is 9.93 Å². The SMILES string of the molecule is O=C(NCCCC(=O)N1Cc2ccccc2C1)Nc1nncs1. The Hall–Kier alpha value is -2.48. The summed E-state index contributed by atoms with van der Waals surface area (Å²) in [5.41, 5.74) is 3.98. The first-order chi connectivity index (χ1) is 11.2. The summed E-state index contributed by atoms with van der Waals surface area (Å²) in [6, 6.07) is 7.77. The Morgan fingerprint density at radius 3 is 2.61 bits per heavy atom. The molecule has 120 valence electrons. The van der Waals surface area contributed by atoms with Gasteiger partial charge >= 0.3 is 6.03 Å². The van der Waals surface area contributed by atoms with E-state index in [0.717, 1.165) is 0 Å². The Labute approximate surface area is 137 Å². The molecule has 3 amide bonds. The highest BCUT2D eigenvalue weighted by molar-refractivity contribution is 7.13. The molecule has 23 heavy (non-hydrogen) atoms. The van der Waals surface area contributed by atoms with Crippen LogP contribution in [0.1, 0.15) is 24.0 Å². The highest BCUT2D eigenvalue weighted by Crippen LogP contribution is 2.22. The molecule has 1 aromatic heterocycles. The molecule has 7 nitrogen and oxygen atoms in total. The molecule has 0 fully saturated rings. The topological polar surface area (TPSA) is 87.2 Å². The average molecular weight is 331 g/mol. The molecule has 1 aliphatic rings. The summed E-state index contributed by atoms with van der Waals surface area (Å²) in [7, 11) is 0. The molecule has 0 saturated heterocycles. The van der Waals surface area contributed by atoms with Gasteiger partial charge in [0.05, 0.1) is 0 Å². The molecule has 0 spiro atoms. The van der Waals surface area contributed by atoms with E-state index in [4.69, 9.17) is 0 Å². The lowest BCUT2D eigenvalue weighted by Gasteiger charge is -2.15. The number of rotatable bonds is 5. The van der Waals surface area contributed by atoms with Crippen LogP contribution >= 0.6 is 11.3 Å². The summed E-state index contributed by atoms with van der Waals surface area (Å²) >= 11 is 1.25. The van der Waals surface area contributed by atoms with Crippen molar-refractivity contribution >= 4 is 28.4 Å². The maximum atomic E-state index is 12.2. The predicted octanol–water partition coefficient (Wildman–Crippen LogP) is 1.98. The van der Waals surface area contributed by atoms with Crippen molar-refractivity contribution in [3.05, 3.63) is 40.9 Å². The Morgan fingerprint density at radius 1 is 1.22 bits per heavy atom. The molecule has 1 aliphatic heterocycles. The minimum atomic E-state index is -0.331. The lowest BCUT2D eigenvalue weighted by Crippen LogP contribution is -2.31. The van der Waals surface area contributed by atoms with Crippen LogP contribution in [-0.4, -0.2) is 33.6 Å². The third-order valence-corrected chi connectivity index (χ3v) is 4.23. The Kier molecular flexibility index (Phi) is 4.82. The number of carbonyl (C=O) groups excluding carboxylic acids is 2. The standard InChI is InChI=1S/C15H17N5O2S/c21-13(20-8-11-4-1-2-5-12(11)9-20)6-3-7-16-14(22)18-15-19-17-10-23-15/h1-2,4-5,10H,3,6-9H2,(H2,16,18,19,22). The van der Waals surface area contributed by atoms with Gasteiger partial charge in [-0.3, -0.25) is 10.1 Å². The second-order valence-corrected chi connectivity index (χ2v) is 6.08. The lowest BCUT2D eigenvalue weighted by atomic mass is 10.1. The van der Waals surface area contributed by atoms with E-state index in [-0.39, 0.29) is 11.9 Å². The van der Waals surface area contributed by atoms with Crippen LogP contribution in [0.2, 0.25) is 0 Å². The van der Waals surface area contributed by atoms with Gasteiger partial charge in [-0.2, -0.15) is 0 Å². The number of anilines is 1. The van der Waals surface area contributed by atoms with Crippen LogP contribution in [-0.2, 0) is 17.9 Å². The predicted molar refractivity (Wildman–Crippen MR) is 86.9 cm³/mol. The second-order valence-electron chi connectivity index (χ2n) is 5.25. The van der Waals surface area contributed by atoms with E-state index in [1.54, 1.807) is 5.51 Å². The van der Waals surface area contributed by atoms with Crippen LogP contribution in [0.5, 0.6) is 0 Å². The van der Waals surface area contributed by atoms with Crippen molar-refractivity contribution in [2.75, 3.05) is 11.9 Å². The maximum absolute atomic E-state index is 12.2. The van der Waals surface area contributed by atoms with Crippen molar-refractivity contribution < 1.29 is 9.59 Å². The molecule has 0 atom stereocenters. The van der Waals surface area contributed by atoms with E-state index >= 15 is 0 Å². The Balaban J connectivity index is 1.35. The van der Waals surface area contributed by atoms with E-state index < -0.39 is 0 Å². The van der Waals surface area contributed by atoms with Crippen LogP contribution in [0, 0.1) is 0 Å². The van der Waals surface area contributed by atoms with Crippen molar-refractivity contribution in [1.82, 2.24) is 20.4 Å². The fraction of sp³-hybridized carbons (Fsp3) is 0.333. The molecule has 0 radical (unpaired) electrons. The van der Waals surface area contributed by atoms with Gasteiger partial charge in [0.25, 0.3) is 0 Å². The van der Waals surface area contributed by atoms with E-state index in [1.807, 2.05) is 17.0 Å². The molecular formula is C15H17N5O2S. The number of aromatic nitrogens is 2. The number of hydrogen-bond donors (Lipinski definition) is 2. The van der Waals surface area contributed by atoms with Crippen LogP contribution in [0.3, 0.4) is 0 Å². The zero-order valence-electron chi connectivity index (χ0n) is 12.5. The Morgan fingerprint density at radius 2 is 1.96 bits per heavy atom. The lowest BCUT2D eigenvalue weighted by molar-refractivity contribution is -0.131. The summed E-state index contributed by atoms with van der Waals surface area (Å²) in [6.07, 6.45) is 1.03. The first kappa shape index (κ1) is 15.4. The second kappa shape index (κ2) is 7.19. The van der Waals surface area contributed by atoms with E-state index in [1.165, 1.54) is 22.5 Å². The highest BCUT2D eigenvalue weighted by Gasteiger charge is 2.22. The van der Waals surface area contributed by atoms with Crippen LogP contribution < -0.4 is 10.6 Å². The smallest absolute Gasteiger partial charge is 0.321 e. The van der Waals surface area contributed by atoms with Gasteiger partial charge in [-0.05, 0) is 17.5 Å². The van der Waals surface area contributed by atoms with Gasteiger partial charge in [0.15, 0.2) is 0 Å². The summed E-state index contributed by atoms with van der Waals surface area (Å²) in [4.78, 5) is 25.6. The summed E-state index contributed by atoms with van der Waals surface area (Å²) in [5, 5.41) is 13.1. The van der Waals surface area contributed by atoms with Crippen molar-refractivity contribution in [2.24, 2.45) is 0 Å². The molecule has 0 saturated carbocycles. The van der Waals surface area contributed by atoms with Crippen LogP contribution in [0.25, 0.3) is 0 Å². The maximum Gasteiger partial charge on any atom is 0.321 e. The highest BCUT2D eigenvalue weighted by atomic mass is 32.1. The average Bonchev–Trinajstić information content (AvgIpc) is 3.20. The number of fused-ring (bicyclic) bond motifs is 1. The van der Waals surface area contributed by atoms with Gasteiger partial charge in [0, 0.05) is 26.1 Å².